The van der Waals surface area contributed by atoms with Crippen LogP contribution in [0.25, 0.3) is 21.8 Å². The van der Waals surface area contributed by atoms with Crippen molar-refractivity contribution in [1.82, 2.24) is 9.97 Å². The summed E-state index contributed by atoms with van der Waals surface area (Å²) in [4.78, 5) is 60.4. The van der Waals surface area contributed by atoms with Crippen molar-refractivity contribution in [2.24, 2.45) is 5.73 Å². The minimum absolute atomic E-state index is 0.0259. The van der Waals surface area contributed by atoms with Gasteiger partial charge < -0.3 is 21.2 Å². The first-order valence-corrected chi connectivity index (χ1v) is 14.0. The standard InChI is InChI=1S/C34H31N5O4/c1-22(40)7-2-14-30(42)38-27-17-15-26(16-18-27)34(35,29(41)21-25-10-3-8-23-11-5-19-36-31(23)25)33(43)39-28-13-4-9-24-12-6-20-37-32(24)28/h3-6,8-13,15-20H,2,7,14,21,35H2,1H3,(H,38,42)(H,39,43). The Morgan fingerprint density at radius 3 is 2.07 bits per heavy atom. The van der Waals surface area contributed by atoms with Crippen molar-refractivity contribution in [2.75, 3.05) is 10.6 Å². The van der Waals surface area contributed by atoms with Crippen molar-refractivity contribution in [1.29, 1.82) is 0 Å². The van der Waals surface area contributed by atoms with E-state index in [4.69, 9.17) is 5.73 Å². The van der Waals surface area contributed by atoms with E-state index in [1.807, 2.05) is 36.4 Å². The molecule has 0 fully saturated rings. The Bertz CT molecular complexity index is 1730. The molecule has 1 atom stereocenters. The molecule has 216 valence electrons. The molecule has 2 aromatic heterocycles. The molecule has 43 heavy (non-hydrogen) atoms. The zero-order valence-corrected chi connectivity index (χ0v) is 23.7. The molecular weight excluding hydrogens is 542 g/mol. The highest BCUT2D eigenvalue weighted by atomic mass is 16.2. The molecule has 0 bridgehead atoms. The van der Waals surface area contributed by atoms with Gasteiger partial charge in [0.05, 0.1) is 16.7 Å². The highest BCUT2D eigenvalue weighted by molar-refractivity contribution is 6.18. The van der Waals surface area contributed by atoms with Crippen LogP contribution in [0.2, 0.25) is 0 Å². The topological polar surface area (TPSA) is 144 Å². The Labute approximate surface area is 248 Å². The van der Waals surface area contributed by atoms with Gasteiger partial charge in [0.25, 0.3) is 5.91 Å². The lowest BCUT2D eigenvalue weighted by Gasteiger charge is -2.28. The molecule has 9 nitrogen and oxygen atoms in total. The van der Waals surface area contributed by atoms with E-state index in [0.717, 1.165) is 10.8 Å². The van der Waals surface area contributed by atoms with Gasteiger partial charge in [-0.3, -0.25) is 24.4 Å². The van der Waals surface area contributed by atoms with Gasteiger partial charge in [0.15, 0.2) is 11.3 Å². The summed E-state index contributed by atoms with van der Waals surface area (Å²) in [5.74, 6) is -1.46. The van der Waals surface area contributed by atoms with Crippen molar-refractivity contribution in [3.8, 4) is 0 Å². The smallest absolute Gasteiger partial charge is 0.256 e. The van der Waals surface area contributed by atoms with Gasteiger partial charge in [0.1, 0.15) is 5.78 Å². The summed E-state index contributed by atoms with van der Waals surface area (Å²) in [6.45, 7) is 1.49. The maximum absolute atomic E-state index is 14.1. The van der Waals surface area contributed by atoms with Gasteiger partial charge in [-0.1, -0.05) is 54.6 Å². The first kappa shape index (κ1) is 29.2. The van der Waals surface area contributed by atoms with Crippen LogP contribution in [0.3, 0.4) is 0 Å². The van der Waals surface area contributed by atoms with Gasteiger partial charge >= 0.3 is 0 Å². The summed E-state index contributed by atoms with van der Waals surface area (Å²) in [7, 11) is 0. The summed E-state index contributed by atoms with van der Waals surface area (Å²) in [5, 5.41) is 7.31. The molecule has 1 unspecified atom stereocenters. The van der Waals surface area contributed by atoms with Crippen LogP contribution in [0.15, 0.2) is 97.3 Å². The third-order valence-electron chi connectivity index (χ3n) is 7.30. The van der Waals surface area contributed by atoms with Gasteiger partial charge in [-0.15, -0.1) is 0 Å². The number of aromatic nitrogens is 2. The second-order valence-electron chi connectivity index (χ2n) is 10.4. The number of nitrogens with two attached hydrogens (primary N) is 1. The van der Waals surface area contributed by atoms with Gasteiger partial charge in [0.2, 0.25) is 5.91 Å². The number of anilines is 2. The van der Waals surface area contributed by atoms with Crippen molar-refractivity contribution in [3.05, 3.63) is 108 Å². The average molecular weight is 574 g/mol. The maximum Gasteiger partial charge on any atom is 0.256 e. The lowest BCUT2D eigenvalue weighted by molar-refractivity contribution is -0.133. The van der Waals surface area contributed by atoms with Crippen LogP contribution >= 0.6 is 0 Å². The molecule has 0 aliphatic heterocycles. The predicted molar refractivity (Wildman–Crippen MR) is 166 cm³/mol. The van der Waals surface area contributed by atoms with E-state index >= 15 is 0 Å². The highest BCUT2D eigenvalue weighted by Gasteiger charge is 2.43. The molecule has 5 aromatic rings. The number of hydrogen-bond acceptors (Lipinski definition) is 7. The summed E-state index contributed by atoms with van der Waals surface area (Å²) in [6, 6.07) is 24.6. The number of nitrogens with one attached hydrogen (secondary N) is 2. The number of ketones is 2. The molecule has 2 heterocycles. The fourth-order valence-corrected chi connectivity index (χ4v) is 5.00. The van der Waals surface area contributed by atoms with Crippen LogP contribution in [-0.4, -0.2) is 33.3 Å². The minimum atomic E-state index is -2.09. The van der Waals surface area contributed by atoms with Crippen molar-refractivity contribution >= 4 is 56.6 Å². The molecule has 0 saturated carbocycles. The number of fused-ring (bicyclic) bond motifs is 2. The first-order valence-electron chi connectivity index (χ1n) is 14.0. The maximum atomic E-state index is 14.1. The molecule has 0 saturated heterocycles. The Hall–Kier alpha value is -5.28. The van der Waals surface area contributed by atoms with Crippen LogP contribution in [0, 0.1) is 0 Å². The summed E-state index contributed by atoms with van der Waals surface area (Å²) < 4.78 is 0. The fourth-order valence-electron chi connectivity index (χ4n) is 5.00. The van der Waals surface area contributed by atoms with Crippen LogP contribution in [-0.2, 0) is 31.1 Å². The molecule has 0 spiro atoms. The van der Waals surface area contributed by atoms with Crippen molar-refractivity contribution in [3.63, 3.8) is 0 Å². The molecule has 0 radical (unpaired) electrons. The predicted octanol–water partition coefficient (Wildman–Crippen LogP) is 5.09. The average Bonchev–Trinajstić information content (AvgIpc) is 3.01. The number of nitrogens with zero attached hydrogens (tertiary/aromatic N) is 2. The summed E-state index contributed by atoms with van der Waals surface area (Å²) in [5.41, 5.74) is 7.75. The molecular formula is C34H31N5O4. The van der Waals surface area contributed by atoms with Crippen LogP contribution in [0.5, 0.6) is 0 Å². The number of pyridine rings is 2. The number of amides is 2. The zero-order chi connectivity index (χ0) is 30.4. The molecule has 4 N–H and O–H groups in total. The van der Waals surface area contributed by atoms with E-state index in [2.05, 4.69) is 20.6 Å². The number of Topliss-reactive ketones (excluding diaryl/α,β-unsaturated/α-hetero) is 2. The molecule has 9 heteroatoms. The second-order valence-corrected chi connectivity index (χ2v) is 10.4. The molecule has 3 aromatic carbocycles. The third kappa shape index (κ3) is 6.47. The van der Waals surface area contributed by atoms with E-state index < -0.39 is 17.2 Å². The largest absolute Gasteiger partial charge is 0.326 e. The van der Waals surface area contributed by atoms with Crippen molar-refractivity contribution < 1.29 is 19.2 Å². The Morgan fingerprint density at radius 1 is 0.744 bits per heavy atom. The summed E-state index contributed by atoms with van der Waals surface area (Å²) in [6.07, 6.45) is 4.12. The van der Waals surface area contributed by atoms with Gasteiger partial charge in [-0.05, 0) is 54.8 Å². The number of benzene rings is 3. The van der Waals surface area contributed by atoms with E-state index in [1.165, 1.54) is 6.92 Å². The van der Waals surface area contributed by atoms with E-state index in [9.17, 15) is 19.2 Å². The van der Waals surface area contributed by atoms with Gasteiger partial charge in [-0.25, -0.2) is 0 Å². The number of rotatable bonds is 11. The normalized spacial score (nSPS) is 12.4. The SMILES string of the molecule is CC(=O)CCCC(=O)Nc1ccc(C(N)(C(=O)Cc2cccc3cccnc23)C(=O)Nc2cccc3cccnc23)cc1. The minimum Gasteiger partial charge on any atom is -0.326 e. The van der Waals surface area contributed by atoms with Gasteiger partial charge in [-0.2, -0.15) is 0 Å². The fraction of sp³-hybridized carbons (Fsp3) is 0.176. The third-order valence-corrected chi connectivity index (χ3v) is 7.30. The number of carbonyl (C=O) groups excluding carboxylic acids is 4. The Morgan fingerprint density at radius 2 is 1.37 bits per heavy atom. The van der Waals surface area contributed by atoms with Crippen LogP contribution < -0.4 is 16.4 Å². The number of carbonyl (C=O) groups is 4. The Kier molecular flexibility index (Phi) is 8.64. The summed E-state index contributed by atoms with van der Waals surface area (Å²) >= 11 is 0. The number of hydrogen-bond donors (Lipinski definition) is 3. The highest BCUT2D eigenvalue weighted by Crippen LogP contribution is 2.29. The molecule has 2 amide bonds. The molecule has 0 aliphatic rings. The Balaban J connectivity index is 1.46. The molecule has 5 rings (SSSR count). The molecule has 0 aliphatic carbocycles. The number of para-hydroxylation sites is 2. The van der Waals surface area contributed by atoms with E-state index in [-0.39, 0.29) is 30.1 Å². The quantitative estimate of drug-likeness (QED) is 0.187. The van der Waals surface area contributed by atoms with E-state index in [1.54, 1.807) is 60.9 Å². The van der Waals surface area contributed by atoms with Crippen molar-refractivity contribution in [2.45, 2.75) is 38.1 Å². The van der Waals surface area contributed by atoms with Gasteiger partial charge in [0, 0.05) is 48.1 Å². The van der Waals surface area contributed by atoms with Crippen LogP contribution in [0.4, 0.5) is 11.4 Å². The lowest BCUT2D eigenvalue weighted by atomic mass is 9.82. The van der Waals surface area contributed by atoms with E-state index in [0.29, 0.717) is 40.8 Å². The zero-order valence-electron chi connectivity index (χ0n) is 23.7. The van der Waals surface area contributed by atoms with Crippen LogP contribution in [0.1, 0.15) is 37.3 Å². The second kappa shape index (κ2) is 12.7. The lowest BCUT2D eigenvalue weighted by Crippen LogP contribution is -2.55. The first-order chi connectivity index (χ1) is 20.8. The monoisotopic (exact) mass is 573 g/mol.